The predicted octanol–water partition coefficient (Wildman–Crippen LogP) is 1.97. The number of rotatable bonds is 2. The molecule has 0 atom stereocenters. The lowest BCUT2D eigenvalue weighted by molar-refractivity contribution is 0.492. The van der Waals surface area contributed by atoms with E-state index in [1.54, 1.807) is 0 Å². The molecule has 0 bridgehead atoms. The van der Waals surface area contributed by atoms with Crippen LogP contribution in [0.15, 0.2) is 23.0 Å². The van der Waals surface area contributed by atoms with E-state index >= 15 is 0 Å². The quantitative estimate of drug-likeness (QED) is 0.715. The molecule has 0 spiro atoms. The molecule has 0 aromatic rings. The maximum absolute atomic E-state index is 12.1. The van der Waals surface area contributed by atoms with Gasteiger partial charge in [-0.25, -0.2) is 0 Å². The zero-order chi connectivity index (χ0) is 10.7. The van der Waals surface area contributed by atoms with Gasteiger partial charge >= 0.3 is 10.2 Å². The van der Waals surface area contributed by atoms with Gasteiger partial charge in [0.2, 0.25) is 0 Å². The molecule has 0 unspecified atom stereocenters. The summed E-state index contributed by atoms with van der Waals surface area (Å²) >= 11 is 2.50. The van der Waals surface area contributed by atoms with Gasteiger partial charge in [-0.15, -0.1) is 7.42 Å². The van der Waals surface area contributed by atoms with Gasteiger partial charge in [0.15, 0.2) is 0 Å². The largest absolute Gasteiger partial charge is 0.301 e. The van der Waals surface area contributed by atoms with Gasteiger partial charge in [0.25, 0.3) is 0 Å². The molecule has 0 aliphatic carbocycles. The van der Waals surface area contributed by atoms with Gasteiger partial charge < -0.3 is 0 Å². The molecule has 7 heteroatoms. The first-order valence-electron chi connectivity index (χ1n) is 4.65. The van der Waals surface area contributed by atoms with Crippen LogP contribution in [-0.2, 0) is 10.2 Å². The van der Waals surface area contributed by atoms with Crippen LogP contribution in [0.2, 0.25) is 0 Å². The molecule has 4 nitrogen and oxygen atoms in total. The van der Waals surface area contributed by atoms with Crippen LogP contribution in [-0.4, -0.2) is 28.9 Å². The highest BCUT2D eigenvalue weighted by atomic mass is 32.3. The van der Waals surface area contributed by atoms with Crippen LogP contribution in [0.3, 0.4) is 0 Å². The van der Waals surface area contributed by atoms with Crippen molar-refractivity contribution in [2.24, 2.45) is 0 Å². The van der Waals surface area contributed by atoms with Crippen LogP contribution in [0.1, 0.15) is 12.8 Å². The second-order valence-corrected chi connectivity index (χ2v) is 7.18. The zero-order valence-corrected chi connectivity index (χ0v) is 10.5. The maximum atomic E-state index is 12.1. The fourth-order valence-corrected chi connectivity index (χ4v) is 5.05. The molecule has 0 aromatic heterocycles. The van der Waals surface area contributed by atoms with Crippen LogP contribution in [0.25, 0.3) is 0 Å². The van der Waals surface area contributed by atoms with Crippen molar-refractivity contribution in [2.75, 3.05) is 13.1 Å². The maximum Gasteiger partial charge on any atom is 0.301 e. The smallest absolute Gasteiger partial charge is 0.193 e. The fraction of sp³-hybridized carbons (Fsp3) is 0.500. The molecule has 84 valence electrons. The Morgan fingerprint density at radius 3 is 1.73 bits per heavy atom. The molecule has 0 aromatic carbocycles. The first kappa shape index (κ1) is 11.5. The molecule has 2 heterocycles. The number of nitrogens with zero attached hydrogens (tertiary/aromatic N) is 2. The summed E-state index contributed by atoms with van der Waals surface area (Å²) in [5.41, 5.74) is 0. The average Bonchev–Trinajstić information content (AvgIpc) is 2.31. The summed E-state index contributed by atoms with van der Waals surface area (Å²) in [5.74, 6) is 0. The summed E-state index contributed by atoms with van der Waals surface area (Å²) < 4.78 is 27.1. The molecule has 0 radical (unpaired) electrons. The topological polar surface area (TPSA) is 40.6 Å². The molecular weight excluding hydrogens is 252 g/mol. The lowest BCUT2D eigenvalue weighted by Gasteiger charge is -2.28. The van der Waals surface area contributed by atoms with Gasteiger partial charge in [0, 0.05) is 13.1 Å². The molecule has 0 amide bonds. The zero-order valence-electron chi connectivity index (χ0n) is 8.07. The van der Waals surface area contributed by atoms with Crippen molar-refractivity contribution in [3.63, 3.8) is 0 Å². The summed E-state index contributed by atoms with van der Waals surface area (Å²) in [6, 6.07) is 0. The van der Waals surface area contributed by atoms with Crippen molar-refractivity contribution >= 4 is 34.1 Å². The van der Waals surface area contributed by atoms with E-state index < -0.39 is 10.2 Å². The Morgan fingerprint density at radius 2 is 1.40 bits per heavy atom. The van der Waals surface area contributed by atoms with Gasteiger partial charge in [0.05, 0.1) is 0 Å². The normalized spacial score (nSPS) is 24.5. The highest BCUT2D eigenvalue weighted by Gasteiger charge is 2.31. The first-order chi connectivity index (χ1) is 7.21. The van der Waals surface area contributed by atoms with Crippen molar-refractivity contribution in [3.05, 3.63) is 23.0 Å². The number of hydrogen-bond donors (Lipinski definition) is 0. The minimum atomic E-state index is -3.30. The molecule has 0 N–H and O–H groups in total. The van der Waals surface area contributed by atoms with Crippen LogP contribution in [0.4, 0.5) is 0 Å². The lowest BCUT2D eigenvalue weighted by atomic mass is 10.4. The molecular formula is C8H12N2O2S3. The van der Waals surface area contributed by atoms with Gasteiger partial charge in [-0.1, -0.05) is 12.2 Å². The van der Waals surface area contributed by atoms with Crippen molar-refractivity contribution in [1.82, 2.24) is 7.42 Å². The van der Waals surface area contributed by atoms with Crippen molar-refractivity contribution in [1.29, 1.82) is 0 Å². The summed E-state index contributed by atoms with van der Waals surface area (Å²) in [4.78, 5) is 0. The average molecular weight is 264 g/mol. The number of hydrogen-bond acceptors (Lipinski definition) is 4. The highest BCUT2D eigenvalue weighted by molar-refractivity contribution is 8.15. The van der Waals surface area contributed by atoms with Gasteiger partial charge in [-0.2, -0.15) is 8.42 Å². The molecule has 2 rings (SSSR count). The molecule has 0 fully saturated rings. The second kappa shape index (κ2) is 4.92. The Balaban J connectivity index is 2.11. The van der Waals surface area contributed by atoms with Crippen molar-refractivity contribution in [3.8, 4) is 0 Å². The van der Waals surface area contributed by atoms with Crippen LogP contribution in [0.5, 0.6) is 0 Å². The van der Waals surface area contributed by atoms with E-state index in [4.69, 9.17) is 0 Å². The van der Waals surface area contributed by atoms with E-state index in [0.29, 0.717) is 13.1 Å². The Bertz CT molecular complexity index is 347. The van der Waals surface area contributed by atoms with Gasteiger partial charge in [0.1, 0.15) is 0 Å². The van der Waals surface area contributed by atoms with Gasteiger partial charge in [-0.05, 0) is 47.6 Å². The molecule has 2 aliphatic rings. The highest BCUT2D eigenvalue weighted by Crippen LogP contribution is 2.30. The Morgan fingerprint density at radius 1 is 0.933 bits per heavy atom. The summed E-state index contributed by atoms with van der Waals surface area (Å²) in [6.45, 7) is 1.12. The van der Waals surface area contributed by atoms with E-state index in [-0.39, 0.29) is 0 Å². The van der Waals surface area contributed by atoms with E-state index in [0.717, 1.165) is 12.8 Å². The van der Waals surface area contributed by atoms with Crippen LogP contribution in [0, 0.1) is 0 Å². The molecule has 15 heavy (non-hydrogen) atoms. The SMILES string of the molecule is O=S(=O)(N1CCC=CS1)N1CCC=CS1. The van der Waals surface area contributed by atoms with Crippen molar-refractivity contribution < 1.29 is 8.42 Å². The third-order valence-electron chi connectivity index (χ3n) is 2.02. The Kier molecular flexibility index (Phi) is 3.78. The van der Waals surface area contributed by atoms with E-state index in [2.05, 4.69) is 0 Å². The summed E-state index contributed by atoms with van der Waals surface area (Å²) in [6.07, 6.45) is 5.56. The Labute approximate surface area is 98.8 Å². The van der Waals surface area contributed by atoms with Crippen molar-refractivity contribution in [2.45, 2.75) is 12.8 Å². The van der Waals surface area contributed by atoms with Crippen LogP contribution >= 0.6 is 23.9 Å². The fourth-order valence-electron chi connectivity index (χ4n) is 1.26. The summed E-state index contributed by atoms with van der Waals surface area (Å²) in [5, 5.41) is 3.65. The van der Waals surface area contributed by atoms with E-state index in [9.17, 15) is 8.42 Å². The lowest BCUT2D eigenvalue weighted by Crippen LogP contribution is -2.38. The second-order valence-electron chi connectivity index (χ2n) is 3.09. The monoisotopic (exact) mass is 264 g/mol. The standard InChI is InChI=1S/C8H12N2O2S3/c11-15(12,9-5-1-3-7-13-9)10-6-2-4-8-14-10/h3-4,7-8H,1-2,5-6H2. The van der Waals surface area contributed by atoms with E-state index in [1.807, 2.05) is 23.0 Å². The van der Waals surface area contributed by atoms with E-state index in [1.165, 1.54) is 31.3 Å². The summed E-state index contributed by atoms with van der Waals surface area (Å²) in [7, 11) is -3.30. The predicted molar refractivity (Wildman–Crippen MR) is 65.0 cm³/mol. The minimum absolute atomic E-state index is 0.560. The third kappa shape index (κ3) is 2.59. The van der Waals surface area contributed by atoms with Crippen LogP contribution < -0.4 is 0 Å². The third-order valence-corrected chi connectivity index (χ3v) is 6.53. The molecule has 0 saturated heterocycles. The first-order valence-corrected chi connectivity index (χ1v) is 7.72. The Hall–Kier alpha value is 0.0500. The minimum Gasteiger partial charge on any atom is -0.193 e. The molecule has 0 saturated carbocycles. The van der Waals surface area contributed by atoms with Gasteiger partial charge in [-0.3, -0.25) is 0 Å². The molecule has 2 aliphatic heterocycles.